The standard InChI is InChI=1S/C19H19FN4/c1-13-11-15(7-8-21-13)18-17-12-23(2)9-10-24(17)22-19(18)14-3-5-16(20)6-4-14/h3-8,11H,9-10,12H2,1-2H3. The minimum Gasteiger partial charge on any atom is -0.299 e. The average Bonchev–Trinajstić information content (AvgIpc) is 2.94. The molecule has 0 amide bonds. The van der Waals surface area contributed by atoms with Gasteiger partial charge >= 0.3 is 0 Å². The summed E-state index contributed by atoms with van der Waals surface area (Å²) in [6.45, 7) is 4.69. The summed E-state index contributed by atoms with van der Waals surface area (Å²) in [5.74, 6) is -0.233. The molecule has 0 aliphatic carbocycles. The summed E-state index contributed by atoms with van der Waals surface area (Å²) >= 11 is 0. The largest absolute Gasteiger partial charge is 0.299 e. The van der Waals surface area contributed by atoms with Gasteiger partial charge in [0, 0.05) is 36.1 Å². The number of pyridine rings is 1. The molecule has 0 bridgehead atoms. The maximum absolute atomic E-state index is 13.3. The number of halogens is 1. The van der Waals surface area contributed by atoms with E-state index in [2.05, 4.69) is 27.7 Å². The van der Waals surface area contributed by atoms with Crippen LogP contribution in [0, 0.1) is 12.7 Å². The van der Waals surface area contributed by atoms with E-state index >= 15 is 0 Å². The summed E-state index contributed by atoms with van der Waals surface area (Å²) < 4.78 is 15.4. The predicted molar refractivity (Wildman–Crippen MR) is 91.9 cm³/mol. The van der Waals surface area contributed by atoms with Crippen LogP contribution in [-0.4, -0.2) is 33.3 Å². The number of likely N-dealkylation sites (N-methyl/N-ethyl adjacent to an activating group) is 1. The van der Waals surface area contributed by atoms with Gasteiger partial charge in [0.15, 0.2) is 0 Å². The van der Waals surface area contributed by atoms with Crippen molar-refractivity contribution in [3.05, 3.63) is 59.8 Å². The van der Waals surface area contributed by atoms with Gasteiger partial charge in [-0.2, -0.15) is 5.10 Å². The third kappa shape index (κ3) is 2.61. The van der Waals surface area contributed by atoms with Crippen LogP contribution in [0.1, 0.15) is 11.4 Å². The molecule has 3 aromatic rings. The van der Waals surface area contributed by atoms with Gasteiger partial charge in [0.1, 0.15) is 11.5 Å². The molecule has 0 unspecified atom stereocenters. The monoisotopic (exact) mass is 322 g/mol. The molecule has 4 nitrogen and oxygen atoms in total. The van der Waals surface area contributed by atoms with Crippen LogP contribution < -0.4 is 0 Å². The Morgan fingerprint density at radius 2 is 1.83 bits per heavy atom. The zero-order valence-electron chi connectivity index (χ0n) is 13.8. The zero-order valence-corrected chi connectivity index (χ0v) is 13.8. The first-order chi connectivity index (χ1) is 11.6. The van der Waals surface area contributed by atoms with E-state index in [4.69, 9.17) is 5.10 Å². The molecule has 0 radical (unpaired) electrons. The van der Waals surface area contributed by atoms with E-state index in [9.17, 15) is 4.39 Å². The van der Waals surface area contributed by atoms with E-state index in [0.29, 0.717) is 0 Å². The summed E-state index contributed by atoms with van der Waals surface area (Å²) in [7, 11) is 2.12. The smallest absolute Gasteiger partial charge is 0.123 e. The molecule has 3 heterocycles. The molecule has 1 aliphatic rings. The minimum absolute atomic E-state index is 0.233. The molecule has 122 valence electrons. The molecule has 5 heteroatoms. The molecular formula is C19H19FN4. The predicted octanol–water partition coefficient (Wildman–Crippen LogP) is 3.51. The topological polar surface area (TPSA) is 34.0 Å². The normalized spacial score (nSPS) is 14.6. The Morgan fingerprint density at radius 3 is 2.58 bits per heavy atom. The first kappa shape index (κ1) is 15.0. The minimum atomic E-state index is -0.233. The van der Waals surface area contributed by atoms with Crippen LogP contribution in [-0.2, 0) is 13.1 Å². The number of benzene rings is 1. The highest BCUT2D eigenvalue weighted by Crippen LogP contribution is 2.36. The molecule has 0 saturated carbocycles. The lowest BCUT2D eigenvalue weighted by atomic mass is 9.98. The van der Waals surface area contributed by atoms with Crippen LogP contribution >= 0.6 is 0 Å². The van der Waals surface area contributed by atoms with Crippen molar-refractivity contribution in [1.29, 1.82) is 0 Å². The van der Waals surface area contributed by atoms with Gasteiger partial charge in [-0.1, -0.05) is 0 Å². The van der Waals surface area contributed by atoms with Crippen LogP contribution in [0.3, 0.4) is 0 Å². The van der Waals surface area contributed by atoms with Crippen molar-refractivity contribution in [3.8, 4) is 22.4 Å². The van der Waals surface area contributed by atoms with Gasteiger partial charge in [0.05, 0.1) is 12.2 Å². The zero-order chi connectivity index (χ0) is 16.7. The highest BCUT2D eigenvalue weighted by atomic mass is 19.1. The number of nitrogens with zero attached hydrogens (tertiary/aromatic N) is 4. The fraction of sp³-hybridized carbons (Fsp3) is 0.263. The fourth-order valence-corrected chi connectivity index (χ4v) is 3.26. The molecule has 1 aromatic carbocycles. The van der Waals surface area contributed by atoms with Gasteiger partial charge in [0.2, 0.25) is 0 Å². The Morgan fingerprint density at radius 1 is 1.04 bits per heavy atom. The summed E-state index contributed by atoms with van der Waals surface area (Å²) in [6.07, 6.45) is 1.83. The Hall–Kier alpha value is -2.53. The third-order valence-electron chi connectivity index (χ3n) is 4.47. The first-order valence-corrected chi connectivity index (χ1v) is 8.09. The van der Waals surface area contributed by atoms with Crippen molar-refractivity contribution >= 4 is 0 Å². The highest BCUT2D eigenvalue weighted by Gasteiger charge is 2.24. The quantitative estimate of drug-likeness (QED) is 0.724. The Balaban J connectivity index is 1.94. The van der Waals surface area contributed by atoms with Gasteiger partial charge in [-0.3, -0.25) is 14.6 Å². The van der Waals surface area contributed by atoms with Crippen molar-refractivity contribution in [2.24, 2.45) is 0 Å². The lowest BCUT2D eigenvalue weighted by molar-refractivity contribution is 0.259. The van der Waals surface area contributed by atoms with Crippen molar-refractivity contribution in [2.45, 2.75) is 20.0 Å². The number of fused-ring (bicyclic) bond motifs is 1. The Bertz CT molecular complexity index is 883. The van der Waals surface area contributed by atoms with Crippen LogP contribution in [0.2, 0.25) is 0 Å². The van der Waals surface area contributed by atoms with Crippen LogP contribution in [0.25, 0.3) is 22.4 Å². The van der Waals surface area contributed by atoms with E-state index in [-0.39, 0.29) is 5.82 Å². The summed E-state index contributed by atoms with van der Waals surface area (Å²) in [5.41, 5.74) is 6.25. The van der Waals surface area contributed by atoms with E-state index in [1.54, 1.807) is 12.1 Å². The maximum atomic E-state index is 13.3. The van der Waals surface area contributed by atoms with Crippen molar-refractivity contribution in [3.63, 3.8) is 0 Å². The van der Waals surface area contributed by atoms with Gasteiger partial charge in [0.25, 0.3) is 0 Å². The molecule has 0 atom stereocenters. The van der Waals surface area contributed by atoms with Crippen LogP contribution in [0.5, 0.6) is 0 Å². The number of hydrogen-bond acceptors (Lipinski definition) is 3. The van der Waals surface area contributed by atoms with E-state index in [0.717, 1.165) is 47.7 Å². The molecular weight excluding hydrogens is 303 g/mol. The molecule has 0 spiro atoms. The van der Waals surface area contributed by atoms with Crippen molar-refractivity contribution in [2.75, 3.05) is 13.6 Å². The molecule has 24 heavy (non-hydrogen) atoms. The third-order valence-corrected chi connectivity index (χ3v) is 4.47. The first-order valence-electron chi connectivity index (χ1n) is 8.09. The highest BCUT2D eigenvalue weighted by molar-refractivity contribution is 5.83. The SMILES string of the molecule is Cc1cc(-c2c(-c3ccc(F)cc3)nn3c2CN(C)CC3)ccn1. The molecule has 0 fully saturated rings. The van der Waals surface area contributed by atoms with Gasteiger partial charge < -0.3 is 0 Å². The Labute approximate surface area is 140 Å². The lowest BCUT2D eigenvalue weighted by Crippen LogP contribution is -2.30. The Kier molecular flexibility index (Phi) is 3.65. The van der Waals surface area contributed by atoms with Crippen molar-refractivity contribution in [1.82, 2.24) is 19.7 Å². The molecule has 2 aromatic heterocycles. The number of rotatable bonds is 2. The molecule has 0 N–H and O–H groups in total. The van der Waals surface area contributed by atoms with Crippen molar-refractivity contribution < 1.29 is 4.39 Å². The summed E-state index contributed by atoms with van der Waals surface area (Å²) in [4.78, 5) is 6.60. The second kappa shape index (κ2) is 5.83. The summed E-state index contributed by atoms with van der Waals surface area (Å²) in [6, 6.07) is 10.7. The van der Waals surface area contributed by atoms with E-state index in [1.165, 1.54) is 17.8 Å². The lowest BCUT2D eigenvalue weighted by Gasteiger charge is -2.24. The molecule has 4 rings (SSSR count). The van der Waals surface area contributed by atoms with Crippen LogP contribution in [0.15, 0.2) is 42.6 Å². The number of hydrogen-bond donors (Lipinski definition) is 0. The van der Waals surface area contributed by atoms with Crippen LogP contribution in [0.4, 0.5) is 4.39 Å². The van der Waals surface area contributed by atoms with Gasteiger partial charge in [-0.25, -0.2) is 4.39 Å². The molecule has 1 aliphatic heterocycles. The van der Waals surface area contributed by atoms with Gasteiger partial charge in [-0.05, 0) is 55.9 Å². The molecule has 0 saturated heterocycles. The second-order valence-electron chi connectivity index (χ2n) is 6.32. The van der Waals surface area contributed by atoms with Gasteiger partial charge in [-0.15, -0.1) is 0 Å². The number of aromatic nitrogens is 3. The average molecular weight is 322 g/mol. The van der Waals surface area contributed by atoms with E-state index < -0.39 is 0 Å². The second-order valence-corrected chi connectivity index (χ2v) is 6.32. The van der Waals surface area contributed by atoms with E-state index in [1.807, 2.05) is 19.2 Å². The summed E-state index contributed by atoms with van der Waals surface area (Å²) in [5, 5.41) is 4.84. The fourth-order valence-electron chi connectivity index (χ4n) is 3.26. The number of aryl methyl sites for hydroxylation is 1. The maximum Gasteiger partial charge on any atom is 0.123 e.